The van der Waals surface area contributed by atoms with E-state index in [1.807, 2.05) is 23.1 Å². The number of hydrogen-bond acceptors (Lipinski definition) is 6. The van der Waals surface area contributed by atoms with Gasteiger partial charge in [0.1, 0.15) is 11.6 Å². The molecule has 6 rings (SSSR count). The van der Waals surface area contributed by atoms with E-state index >= 15 is 0 Å². The lowest BCUT2D eigenvalue weighted by Gasteiger charge is -2.49. The lowest BCUT2D eigenvalue weighted by molar-refractivity contribution is 0.0148. The number of aromatic amines is 1. The van der Waals surface area contributed by atoms with Crippen LogP contribution in [0.2, 0.25) is 0 Å². The molecule has 3 fully saturated rings. The third kappa shape index (κ3) is 5.33. The quantitative estimate of drug-likeness (QED) is 0.419. The Balaban J connectivity index is 1.14. The summed E-state index contributed by atoms with van der Waals surface area (Å²) in [4.78, 5) is 26.6. The molecule has 3 heterocycles. The normalized spacial score (nSPS) is 19.9. The second-order valence-electron chi connectivity index (χ2n) is 12.6. The molecule has 2 aromatic carbocycles. The number of para-hydroxylation sites is 1. The van der Waals surface area contributed by atoms with Gasteiger partial charge < -0.3 is 19.5 Å². The zero-order valence-corrected chi connectivity index (χ0v) is 26.1. The second kappa shape index (κ2) is 11.3. The Kier molecular flexibility index (Phi) is 7.82. The Labute approximate surface area is 249 Å². The van der Waals surface area contributed by atoms with E-state index in [4.69, 9.17) is 4.74 Å². The molecule has 10 heteroatoms. The molecule has 2 saturated heterocycles. The number of carbonyl (C=O) groups is 1. The zero-order chi connectivity index (χ0) is 29.6. The number of fused-ring (bicyclic) bond motifs is 1. The number of rotatable bonds is 7. The van der Waals surface area contributed by atoms with Gasteiger partial charge in [-0.3, -0.25) is 4.79 Å². The van der Waals surface area contributed by atoms with Crippen molar-refractivity contribution in [1.29, 1.82) is 0 Å². The molecule has 0 unspecified atom stereocenters. The molecule has 1 aromatic heterocycles. The summed E-state index contributed by atoms with van der Waals surface area (Å²) >= 11 is 0. The summed E-state index contributed by atoms with van der Waals surface area (Å²) in [5.41, 5.74) is 3.57. The van der Waals surface area contributed by atoms with Crippen LogP contribution in [0.1, 0.15) is 72.3 Å². The number of hydrogen-bond donors (Lipinski definition) is 1. The van der Waals surface area contributed by atoms with E-state index in [9.17, 15) is 13.2 Å². The summed E-state index contributed by atoms with van der Waals surface area (Å²) in [5, 5.41) is 0. The van der Waals surface area contributed by atoms with Gasteiger partial charge in [-0.25, -0.2) is 13.4 Å². The first-order valence-corrected chi connectivity index (χ1v) is 16.7. The Hall–Kier alpha value is -2.95. The van der Waals surface area contributed by atoms with Crippen LogP contribution in [-0.2, 0) is 16.6 Å². The average Bonchev–Trinajstić information content (AvgIpc) is 3.35. The van der Waals surface area contributed by atoms with Crippen LogP contribution in [0.15, 0.2) is 35.2 Å². The molecule has 3 aromatic rings. The summed E-state index contributed by atoms with van der Waals surface area (Å²) in [7, 11) is -0.665. The van der Waals surface area contributed by atoms with Gasteiger partial charge in [-0.05, 0) is 113 Å². The van der Waals surface area contributed by atoms with Crippen LogP contribution in [0.5, 0.6) is 5.75 Å². The molecule has 1 spiro atoms. The first-order valence-electron chi connectivity index (χ1n) is 15.2. The van der Waals surface area contributed by atoms with Gasteiger partial charge in [0, 0.05) is 26.2 Å². The topological polar surface area (TPSA) is 98.8 Å². The molecule has 226 valence electrons. The highest BCUT2D eigenvalue weighted by Crippen LogP contribution is 2.46. The molecule has 0 radical (unpaired) electrons. The average molecular weight is 594 g/mol. The van der Waals surface area contributed by atoms with Crippen LogP contribution in [0.25, 0.3) is 11.0 Å². The van der Waals surface area contributed by atoms with E-state index in [1.54, 1.807) is 40.1 Å². The number of methoxy groups -OCH3 is 1. The van der Waals surface area contributed by atoms with Gasteiger partial charge in [0.15, 0.2) is 0 Å². The zero-order valence-electron chi connectivity index (χ0n) is 25.3. The van der Waals surface area contributed by atoms with Crippen molar-refractivity contribution in [2.75, 3.05) is 40.3 Å². The summed E-state index contributed by atoms with van der Waals surface area (Å²) < 4.78 is 33.7. The predicted molar refractivity (Wildman–Crippen MR) is 163 cm³/mol. The second-order valence-corrected chi connectivity index (χ2v) is 14.6. The maximum atomic E-state index is 13.7. The van der Waals surface area contributed by atoms with Crippen LogP contribution in [-0.4, -0.2) is 84.8 Å². The highest BCUT2D eigenvalue weighted by molar-refractivity contribution is 7.89. The molecule has 1 amide bonds. The number of benzene rings is 2. The van der Waals surface area contributed by atoms with Crippen molar-refractivity contribution in [3.63, 3.8) is 0 Å². The first-order chi connectivity index (χ1) is 20.1. The van der Waals surface area contributed by atoms with Crippen molar-refractivity contribution in [2.45, 2.75) is 76.3 Å². The van der Waals surface area contributed by atoms with E-state index < -0.39 is 10.0 Å². The maximum Gasteiger partial charge on any atom is 0.256 e. The van der Waals surface area contributed by atoms with Crippen LogP contribution < -0.4 is 4.74 Å². The first kappa shape index (κ1) is 29.1. The summed E-state index contributed by atoms with van der Waals surface area (Å²) in [6.45, 7) is 7.72. The third-order valence-corrected chi connectivity index (χ3v) is 12.2. The number of aryl methyl sites for hydroxylation is 2. The number of likely N-dealkylation sites (tertiary alicyclic amines) is 2. The molecule has 1 saturated carbocycles. The number of ether oxygens (including phenoxy) is 1. The fourth-order valence-corrected chi connectivity index (χ4v) is 8.90. The van der Waals surface area contributed by atoms with Crippen molar-refractivity contribution in [1.82, 2.24) is 24.1 Å². The summed E-state index contributed by atoms with van der Waals surface area (Å²) in [5.74, 6) is 1.14. The summed E-state index contributed by atoms with van der Waals surface area (Å²) in [6, 6.07) is 9.80. The number of aromatic nitrogens is 2. The molecular formula is C32H43N5O4S. The number of piperidine rings is 1. The lowest BCUT2D eigenvalue weighted by atomic mass is 9.66. The minimum atomic E-state index is -3.78. The van der Waals surface area contributed by atoms with Gasteiger partial charge in [-0.1, -0.05) is 6.07 Å². The molecule has 1 N–H and O–H groups in total. The fourth-order valence-electron chi connectivity index (χ4n) is 7.36. The van der Waals surface area contributed by atoms with Crippen molar-refractivity contribution in [2.24, 2.45) is 5.41 Å². The summed E-state index contributed by atoms with van der Waals surface area (Å²) in [6.07, 6.45) is 8.65. The number of amides is 1. The van der Waals surface area contributed by atoms with Crippen molar-refractivity contribution >= 4 is 27.0 Å². The minimum absolute atomic E-state index is 0.0189. The molecule has 42 heavy (non-hydrogen) atoms. The SMILES string of the molecule is COc1cc(C)c(S(=O)(=O)N(C)Cc2nc3cccc(C(=O)N4CCC5(CCC(N6CCC6)CC5)CC4)c3[nH]2)c(C)c1. The largest absolute Gasteiger partial charge is 0.497 e. The van der Waals surface area contributed by atoms with Crippen LogP contribution in [0.4, 0.5) is 0 Å². The van der Waals surface area contributed by atoms with Crippen LogP contribution >= 0.6 is 0 Å². The highest BCUT2D eigenvalue weighted by atomic mass is 32.2. The van der Waals surface area contributed by atoms with Crippen molar-refractivity contribution in [3.8, 4) is 5.75 Å². The van der Waals surface area contributed by atoms with E-state index in [1.165, 1.54) is 49.5 Å². The molecule has 0 atom stereocenters. The van der Waals surface area contributed by atoms with Crippen molar-refractivity contribution < 1.29 is 17.9 Å². The van der Waals surface area contributed by atoms with E-state index in [2.05, 4.69) is 14.9 Å². The Bertz CT molecular complexity index is 1550. The minimum Gasteiger partial charge on any atom is -0.497 e. The Morgan fingerprint density at radius 3 is 2.33 bits per heavy atom. The molecular weight excluding hydrogens is 550 g/mol. The molecule has 2 aliphatic heterocycles. The van der Waals surface area contributed by atoms with Crippen molar-refractivity contribution in [3.05, 3.63) is 52.8 Å². The molecule has 9 nitrogen and oxygen atoms in total. The molecule has 0 bridgehead atoms. The van der Waals surface area contributed by atoms with Gasteiger partial charge in [-0.2, -0.15) is 4.31 Å². The fraction of sp³-hybridized carbons (Fsp3) is 0.562. The number of sulfonamides is 1. The van der Waals surface area contributed by atoms with E-state index in [-0.39, 0.29) is 17.3 Å². The van der Waals surface area contributed by atoms with Gasteiger partial charge in [0.2, 0.25) is 10.0 Å². The van der Waals surface area contributed by atoms with Gasteiger partial charge >= 0.3 is 0 Å². The van der Waals surface area contributed by atoms with E-state index in [0.29, 0.717) is 44.7 Å². The molecule has 1 aliphatic carbocycles. The van der Waals surface area contributed by atoms with Crippen LogP contribution in [0, 0.1) is 19.3 Å². The maximum absolute atomic E-state index is 13.7. The number of imidazole rings is 1. The monoisotopic (exact) mass is 593 g/mol. The lowest BCUT2D eigenvalue weighted by Crippen LogP contribution is -2.50. The number of nitrogens with one attached hydrogen (secondary N) is 1. The smallest absolute Gasteiger partial charge is 0.256 e. The standard InChI is InChI=1S/C32H43N5O4S/c1-22-19-25(41-4)20-23(2)30(22)42(39,40)35(3)21-28-33-27-8-5-7-26(29(27)34-28)31(38)37-17-13-32(14-18-37)11-9-24(10-12-32)36-15-6-16-36/h5,7-8,19-20,24H,6,9-18,21H2,1-4H3,(H,33,34). The van der Waals surface area contributed by atoms with Crippen LogP contribution in [0.3, 0.4) is 0 Å². The highest BCUT2D eigenvalue weighted by Gasteiger charge is 2.41. The van der Waals surface area contributed by atoms with Gasteiger partial charge in [0.05, 0.1) is 35.1 Å². The predicted octanol–water partition coefficient (Wildman–Crippen LogP) is 4.88. The van der Waals surface area contributed by atoms with E-state index in [0.717, 1.165) is 32.0 Å². The third-order valence-electron chi connectivity index (χ3n) is 10.0. The number of H-pyrrole nitrogens is 1. The molecule has 3 aliphatic rings. The number of nitrogens with zero attached hydrogens (tertiary/aromatic N) is 4. The Morgan fingerprint density at radius 2 is 1.74 bits per heavy atom. The number of carbonyl (C=O) groups excluding carboxylic acids is 1. The van der Waals surface area contributed by atoms with Gasteiger partial charge in [0.25, 0.3) is 5.91 Å². The van der Waals surface area contributed by atoms with Gasteiger partial charge in [-0.15, -0.1) is 0 Å². The Morgan fingerprint density at radius 1 is 1.07 bits per heavy atom.